The quantitative estimate of drug-likeness (QED) is 0.135. The second-order valence-electron chi connectivity index (χ2n) is 5.16. The van der Waals surface area contributed by atoms with Gasteiger partial charge in [-0.15, -0.1) is 0 Å². The molecular weight excluding hydrogens is 372 g/mol. The number of aliphatic hydroxyl groups excluding tert-OH is 2. The highest BCUT2D eigenvalue weighted by molar-refractivity contribution is 7.80. The van der Waals surface area contributed by atoms with E-state index in [-0.39, 0.29) is 4.99 Å². The number of urea groups is 1. The van der Waals surface area contributed by atoms with Crippen molar-refractivity contribution >= 4 is 41.0 Å². The minimum atomic E-state index is -1.60. The van der Waals surface area contributed by atoms with Crippen LogP contribution in [-0.4, -0.2) is 75.0 Å². The fourth-order valence-electron chi connectivity index (χ4n) is 1.53. The number of hydrazine groups is 1. The Labute approximate surface area is 153 Å². The normalized spacial score (nSPS) is 14.9. The molecule has 0 aliphatic rings. The van der Waals surface area contributed by atoms with E-state index in [4.69, 9.17) is 33.9 Å². The van der Waals surface area contributed by atoms with Crippen LogP contribution in [0.25, 0.3) is 0 Å². The van der Waals surface area contributed by atoms with Crippen molar-refractivity contribution in [3.05, 3.63) is 0 Å². The average Bonchev–Trinajstić information content (AvgIpc) is 2.54. The lowest BCUT2D eigenvalue weighted by molar-refractivity contribution is -0.141. The smallest absolute Gasteiger partial charge is 0.328 e. The van der Waals surface area contributed by atoms with Crippen LogP contribution in [0.1, 0.15) is 13.3 Å². The fraction of sp³-hybridized carbons (Fsp3) is 0.583. The fourth-order valence-corrected chi connectivity index (χ4v) is 1.72. The summed E-state index contributed by atoms with van der Waals surface area (Å²) in [5, 5.41) is 31.2. The molecule has 4 amide bonds. The number of carboxylic acids is 1. The Bertz CT molecular complexity index is 558. The SMILES string of the molecule is CC(O)C(NC(=O)NC(CC(N)=O)C(=S)NNC(=O)C(N)CO)C(=O)O. The zero-order valence-corrected chi connectivity index (χ0v) is 14.6. The van der Waals surface area contributed by atoms with Gasteiger partial charge in [0.05, 0.1) is 25.2 Å². The number of carboxylic acid groups (broad SMARTS) is 1. The van der Waals surface area contributed by atoms with E-state index in [0.717, 1.165) is 6.92 Å². The third-order valence-corrected chi connectivity index (χ3v) is 3.29. The highest BCUT2D eigenvalue weighted by atomic mass is 32.1. The molecule has 0 fully saturated rings. The number of hydrogen-bond acceptors (Lipinski definition) is 8. The molecule has 0 bridgehead atoms. The standard InChI is InChI=1S/C12H22N6O7S/c1-4(20)8(11(23)24)16-12(25)15-6(2-7(14)21)10(26)18-17-9(22)5(13)3-19/h4-6,8,19-20H,2-3,13H2,1H3,(H2,14,21)(H,17,22)(H,18,26)(H,23,24)(H2,15,16,25). The van der Waals surface area contributed by atoms with Crippen LogP contribution in [0.2, 0.25) is 0 Å². The minimum absolute atomic E-state index is 0.235. The van der Waals surface area contributed by atoms with E-state index < -0.39 is 61.1 Å². The molecule has 26 heavy (non-hydrogen) atoms. The van der Waals surface area contributed by atoms with Crippen LogP contribution in [0.15, 0.2) is 0 Å². The maximum Gasteiger partial charge on any atom is 0.328 e. The van der Waals surface area contributed by atoms with Crippen molar-refractivity contribution in [2.75, 3.05) is 6.61 Å². The molecule has 0 saturated heterocycles. The maximum atomic E-state index is 11.9. The van der Waals surface area contributed by atoms with Crippen molar-refractivity contribution in [2.24, 2.45) is 11.5 Å². The van der Waals surface area contributed by atoms with Crippen LogP contribution in [0.3, 0.4) is 0 Å². The van der Waals surface area contributed by atoms with Gasteiger partial charge in [0.2, 0.25) is 5.91 Å². The zero-order chi connectivity index (χ0) is 20.4. The van der Waals surface area contributed by atoms with Crippen LogP contribution >= 0.6 is 12.2 Å². The lowest BCUT2D eigenvalue weighted by atomic mass is 10.2. The minimum Gasteiger partial charge on any atom is -0.480 e. The lowest BCUT2D eigenvalue weighted by Crippen LogP contribution is -2.58. The molecule has 0 rings (SSSR count). The Kier molecular flexibility index (Phi) is 10.0. The summed E-state index contributed by atoms with van der Waals surface area (Å²) in [6.07, 6.45) is -1.86. The number of aliphatic hydroxyl groups is 2. The predicted octanol–water partition coefficient (Wildman–Crippen LogP) is -4.37. The second kappa shape index (κ2) is 11.1. The Morgan fingerprint density at radius 1 is 1.15 bits per heavy atom. The first-order chi connectivity index (χ1) is 12.0. The molecule has 4 unspecified atom stereocenters. The van der Waals surface area contributed by atoms with Crippen LogP contribution in [0.4, 0.5) is 4.79 Å². The van der Waals surface area contributed by atoms with Crippen molar-refractivity contribution in [2.45, 2.75) is 37.6 Å². The van der Waals surface area contributed by atoms with E-state index in [0.29, 0.717) is 0 Å². The summed E-state index contributed by atoms with van der Waals surface area (Å²) in [4.78, 5) is 45.1. The largest absolute Gasteiger partial charge is 0.480 e. The molecule has 0 aromatic heterocycles. The molecule has 0 aromatic rings. The van der Waals surface area contributed by atoms with Gasteiger partial charge in [-0.3, -0.25) is 20.4 Å². The zero-order valence-electron chi connectivity index (χ0n) is 13.8. The molecule has 148 valence electrons. The molecule has 13 nitrogen and oxygen atoms in total. The maximum absolute atomic E-state index is 11.9. The molecule has 11 N–H and O–H groups in total. The summed E-state index contributed by atoms with van der Waals surface area (Å²) in [5.74, 6) is -3.13. The Hall–Kier alpha value is -2.55. The Balaban J connectivity index is 4.90. The first-order valence-corrected chi connectivity index (χ1v) is 7.62. The van der Waals surface area contributed by atoms with Crippen molar-refractivity contribution in [3.8, 4) is 0 Å². The third kappa shape index (κ3) is 8.52. The van der Waals surface area contributed by atoms with E-state index in [9.17, 15) is 24.3 Å². The Morgan fingerprint density at radius 2 is 1.73 bits per heavy atom. The third-order valence-electron chi connectivity index (χ3n) is 2.90. The van der Waals surface area contributed by atoms with Gasteiger partial charge in [0.1, 0.15) is 11.0 Å². The van der Waals surface area contributed by atoms with Gasteiger partial charge in [-0.25, -0.2) is 9.59 Å². The van der Waals surface area contributed by atoms with Crippen LogP contribution in [0, 0.1) is 0 Å². The van der Waals surface area contributed by atoms with E-state index in [1.54, 1.807) is 0 Å². The van der Waals surface area contributed by atoms with Gasteiger partial charge in [-0.1, -0.05) is 12.2 Å². The van der Waals surface area contributed by atoms with Crippen LogP contribution < -0.4 is 33.0 Å². The molecular formula is C12H22N6O7S. The monoisotopic (exact) mass is 394 g/mol. The predicted molar refractivity (Wildman–Crippen MR) is 91.3 cm³/mol. The first kappa shape index (κ1) is 23.4. The van der Waals surface area contributed by atoms with Gasteiger partial charge in [0.25, 0.3) is 5.91 Å². The number of aliphatic carboxylic acids is 1. The molecule has 0 aliphatic heterocycles. The number of nitrogens with two attached hydrogens (primary N) is 2. The van der Waals surface area contributed by atoms with Gasteiger partial charge in [-0.2, -0.15) is 0 Å². The summed E-state index contributed by atoms with van der Waals surface area (Å²) in [7, 11) is 0. The molecule has 0 radical (unpaired) electrons. The summed E-state index contributed by atoms with van der Waals surface area (Å²) < 4.78 is 0. The van der Waals surface area contributed by atoms with Gasteiger partial charge >= 0.3 is 12.0 Å². The molecule has 0 heterocycles. The van der Waals surface area contributed by atoms with Crippen LogP contribution in [-0.2, 0) is 14.4 Å². The van der Waals surface area contributed by atoms with E-state index in [1.165, 1.54) is 0 Å². The van der Waals surface area contributed by atoms with Gasteiger partial charge in [0.15, 0.2) is 6.04 Å². The summed E-state index contributed by atoms with van der Waals surface area (Å²) in [5.41, 5.74) is 14.6. The van der Waals surface area contributed by atoms with Crippen molar-refractivity contribution in [1.29, 1.82) is 0 Å². The number of hydrogen-bond donors (Lipinski definition) is 9. The molecule has 0 aromatic carbocycles. The second-order valence-corrected chi connectivity index (χ2v) is 5.60. The lowest BCUT2D eigenvalue weighted by Gasteiger charge is -2.23. The molecule has 14 heteroatoms. The van der Waals surface area contributed by atoms with E-state index in [2.05, 4.69) is 16.2 Å². The summed E-state index contributed by atoms with van der Waals surface area (Å²) in [6, 6.07) is -5.07. The number of carbonyl (C=O) groups is 4. The summed E-state index contributed by atoms with van der Waals surface area (Å²) >= 11 is 4.93. The van der Waals surface area contributed by atoms with Gasteiger partial charge in [-0.05, 0) is 6.92 Å². The number of nitrogens with one attached hydrogen (secondary N) is 4. The van der Waals surface area contributed by atoms with Gasteiger partial charge in [0, 0.05) is 0 Å². The first-order valence-electron chi connectivity index (χ1n) is 7.21. The molecule has 0 aliphatic carbocycles. The summed E-state index contributed by atoms with van der Waals surface area (Å²) in [6.45, 7) is 0.535. The molecule has 0 spiro atoms. The van der Waals surface area contributed by atoms with E-state index >= 15 is 0 Å². The number of carbonyl (C=O) groups excluding carboxylic acids is 3. The van der Waals surface area contributed by atoms with E-state index in [1.807, 2.05) is 5.32 Å². The number of primary amides is 1. The number of thiocarbonyl (C=S) groups is 1. The number of amides is 4. The average molecular weight is 394 g/mol. The van der Waals surface area contributed by atoms with Gasteiger partial charge < -0.3 is 37.4 Å². The van der Waals surface area contributed by atoms with Crippen molar-refractivity contribution in [3.63, 3.8) is 0 Å². The van der Waals surface area contributed by atoms with Crippen molar-refractivity contribution < 1.29 is 34.5 Å². The number of rotatable bonds is 9. The Morgan fingerprint density at radius 3 is 2.15 bits per heavy atom. The van der Waals surface area contributed by atoms with Crippen molar-refractivity contribution in [1.82, 2.24) is 21.5 Å². The molecule has 0 saturated carbocycles. The van der Waals surface area contributed by atoms with Crippen LogP contribution in [0.5, 0.6) is 0 Å². The molecule has 4 atom stereocenters. The topological polar surface area (TPSA) is 229 Å². The highest BCUT2D eigenvalue weighted by Gasteiger charge is 2.27. The highest BCUT2D eigenvalue weighted by Crippen LogP contribution is 1.97.